The molecule has 0 aliphatic heterocycles. The summed E-state index contributed by atoms with van der Waals surface area (Å²) in [7, 11) is 0. The van der Waals surface area contributed by atoms with Crippen LogP contribution < -0.4 is 5.56 Å². The van der Waals surface area contributed by atoms with E-state index in [0.29, 0.717) is 42.1 Å². The summed E-state index contributed by atoms with van der Waals surface area (Å²) in [6.45, 7) is 1.91. The molecule has 0 radical (unpaired) electrons. The van der Waals surface area contributed by atoms with Crippen molar-refractivity contribution >= 4 is 80.8 Å². The van der Waals surface area contributed by atoms with E-state index < -0.39 is 0 Å². The van der Waals surface area contributed by atoms with Gasteiger partial charge in [0.2, 0.25) is 0 Å². The van der Waals surface area contributed by atoms with Crippen molar-refractivity contribution in [2.45, 2.75) is 13.3 Å². The Bertz CT molecular complexity index is 1110. The molecule has 0 atom stereocenters. The lowest BCUT2D eigenvalue weighted by atomic mass is 10.2. The maximum Gasteiger partial charge on any atom is 0.282 e. The second kappa shape index (κ2) is 7.92. The zero-order chi connectivity index (χ0) is 19.0. The first-order chi connectivity index (χ1) is 12.3. The van der Waals surface area contributed by atoms with Crippen molar-refractivity contribution in [3.8, 4) is 5.75 Å². The summed E-state index contributed by atoms with van der Waals surface area (Å²) in [6, 6.07) is 7.09. The largest absolute Gasteiger partial charge is 0.506 e. The number of halogens is 4. The maximum absolute atomic E-state index is 12.9. The molecule has 26 heavy (non-hydrogen) atoms. The van der Waals surface area contributed by atoms with Crippen LogP contribution in [0.25, 0.3) is 10.9 Å². The predicted octanol–water partition coefficient (Wildman–Crippen LogP) is 5.60. The van der Waals surface area contributed by atoms with Gasteiger partial charge in [-0.05, 0) is 56.1 Å². The van der Waals surface area contributed by atoms with Gasteiger partial charge in [0.25, 0.3) is 5.56 Å². The van der Waals surface area contributed by atoms with E-state index >= 15 is 0 Å². The molecule has 0 amide bonds. The molecule has 9 heteroatoms. The minimum atomic E-state index is -0.252. The summed E-state index contributed by atoms with van der Waals surface area (Å²) in [6.07, 6.45) is 2.05. The number of aryl methyl sites for hydroxylation is 1. The Balaban J connectivity index is 2.21. The first-order valence-corrected chi connectivity index (χ1v) is 10.6. The Morgan fingerprint density at radius 1 is 1.19 bits per heavy atom. The molecule has 2 aromatic carbocycles. The molecule has 0 spiro atoms. The van der Waals surface area contributed by atoms with Crippen LogP contribution in [0.3, 0.4) is 0 Å². The number of hydrogen-bond acceptors (Lipinski definition) is 4. The Hall–Kier alpha value is -1.03. The van der Waals surface area contributed by atoms with Gasteiger partial charge in [-0.1, -0.05) is 38.8 Å². The minimum Gasteiger partial charge on any atom is -0.506 e. The van der Waals surface area contributed by atoms with Crippen molar-refractivity contribution in [3.63, 3.8) is 0 Å². The third-order valence-corrected chi connectivity index (χ3v) is 6.23. The standard InChI is InChI=1S/C17H11Br4N3O2/c1-2-14-23-13-4-3-8(18)5-9(13)17(26)24(14)22-7-10-11(19)6-12(20)16(25)15(10)21/h3-7,25H,2H2,1H3. The Morgan fingerprint density at radius 2 is 1.92 bits per heavy atom. The average molecular weight is 609 g/mol. The molecular formula is C17H11Br4N3O2. The molecule has 5 nitrogen and oxygen atoms in total. The van der Waals surface area contributed by atoms with Gasteiger partial charge < -0.3 is 5.11 Å². The second-order valence-electron chi connectivity index (χ2n) is 5.32. The highest BCUT2D eigenvalue weighted by Crippen LogP contribution is 2.38. The summed E-state index contributed by atoms with van der Waals surface area (Å²) in [5.41, 5.74) is 0.983. The molecule has 0 unspecified atom stereocenters. The normalized spacial score (nSPS) is 11.6. The van der Waals surface area contributed by atoms with Gasteiger partial charge >= 0.3 is 0 Å². The lowest BCUT2D eigenvalue weighted by Gasteiger charge is -2.09. The molecule has 0 aliphatic rings. The molecule has 3 aromatic rings. The third-order valence-electron chi connectivity index (χ3n) is 3.68. The van der Waals surface area contributed by atoms with Crippen LogP contribution in [-0.4, -0.2) is 21.0 Å². The quantitative estimate of drug-likeness (QED) is 0.394. The second-order valence-corrected chi connectivity index (χ2v) is 8.74. The lowest BCUT2D eigenvalue weighted by molar-refractivity contribution is 0.468. The molecule has 0 aliphatic carbocycles. The Morgan fingerprint density at radius 3 is 2.62 bits per heavy atom. The molecule has 3 rings (SSSR count). The van der Waals surface area contributed by atoms with Crippen molar-refractivity contribution in [3.05, 3.63) is 63.9 Å². The fourth-order valence-electron chi connectivity index (χ4n) is 2.37. The number of nitrogens with zero attached hydrogens (tertiary/aromatic N) is 3. The highest BCUT2D eigenvalue weighted by atomic mass is 79.9. The third kappa shape index (κ3) is 3.67. The molecule has 0 bridgehead atoms. The van der Waals surface area contributed by atoms with E-state index in [0.717, 1.165) is 4.47 Å². The number of aromatic hydroxyl groups is 1. The number of rotatable bonds is 3. The topological polar surface area (TPSA) is 67.5 Å². The summed E-state index contributed by atoms with van der Waals surface area (Å²) in [4.78, 5) is 17.4. The molecular weight excluding hydrogens is 598 g/mol. The summed E-state index contributed by atoms with van der Waals surface area (Å²) in [5, 5.41) is 14.9. The van der Waals surface area contributed by atoms with Gasteiger partial charge in [-0.15, -0.1) is 0 Å². The first kappa shape index (κ1) is 19.7. The van der Waals surface area contributed by atoms with Crippen LogP contribution in [0.15, 0.2) is 52.1 Å². The molecule has 134 valence electrons. The number of phenolic OH excluding ortho intramolecular Hbond substituents is 1. The van der Waals surface area contributed by atoms with E-state index in [9.17, 15) is 9.90 Å². The van der Waals surface area contributed by atoms with Gasteiger partial charge in [-0.2, -0.15) is 9.78 Å². The first-order valence-electron chi connectivity index (χ1n) is 7.45. The molecule has 0 saturated carbocycles. The van der Waals surface area contributed by atoms with Crippen molar-refractivity contribution < 1.29 is 5.11 Å². The van der Waals surface area contributed by atoms with E-state index in [2.05, 4.69) is 73.8 Å². The highest BCUT2D eigenvalue weighted by molar-refractivity contribution is 9.11. The summed E-state index contributed by atoms with van der Waals surface area (Å²) >= 11 is 13.4. The number of aromatic nitrogens is 2. The zero-order valence-electron chi connectivity index (χ0n) is 13.3. The Kier molecular flexibility index (Phi) is 6.01. The van der Waals surface area contributed by atoms with Gasteiger partial charge in [0.15, 0.2) is 0 Å². The zero-order valence-corrected chi connectivity index (χ0v) is 19.6. The SMILES string of the molecule is CCc1nc2ccc(Br)cc2c(=O)n1N=Cc1c(Br)cc(Br)c(O)c1Br. The van der Waals surface area contributed by atoms with Crippen molar-refractivity contribution in [1.29, 1.82) is 0 Å². The van der Waals surface area contributed by atoms with E-state index in [1.54, 1.807) is 18.2 Å². The predicted molar refractivity (Wildman–Crippen MR) is 117 cm³/mol. The van der Waals surface area contributed by atoms with Crippen molar-refractivity contribution in [2.24, 2.45) is 5.10 Å². The molecule has 1 N–H and O–H groups in total. The molecule has 0 fully saturated rings. The van der Waals surface area contributed by atoms with Crippen LogP contribution in [-0.2, 0) is 6.42 Å². The molecule has 1 heterocycles. The molecule has 0 saturated heterocycles. The fraction of sp³-hybridized carbons (Fsp3) is 0.118. The van der Waals surface area contributed by atoms with Gasteiger partial charge in [0.1, 0.15) is 11.6 Å². The number of benzene rings is 2. The van der Waals surface area contributed by atoms with E-state index in [1.807, 2.05) is 13.0 Å². The van der Waals surface area contributed by atoms with Gasteiger partial charge in [0, 0.05) is 20.9 Å². The van der Waals surface area contributed by atoms with Crippen LogP contribution >= 0.6 is 63.7 Å². The number of hydrogen-bond donors (Lipinski definition) is 1. The van der Waals surface area contributed by atoms with Crippen LogP contribution in [0, 0.1) is 0 Å². The number of fused-ring (bicyclic) bond motifs is 1. The average Bonchev–Trinajstić information content (AvgIpc) is 2.61. The van der Waals surface area contributed by atoms with Gasteiger partial charge in [-0.25, -0.2) is 4.98 Å². The number of phenols is 1. The van der Waals surface area contributed by atoms with E-state index in [4.69, 9.17) is 0 Å². The highest BCUT2D eigenvalue weighted by Gasteiger charge is 2.13. The monoisotopic (exact) mass is 605 g/mol. The summed E-state index contributed by atoms with van der Waals surface area (Å²) < 4.78 is 3.79. The smallest absolute Gasteiger partial charge is 0.282 e. The van der Waals surface area contributed by atoms with Crippen LogP contribution in [0.2, 0.25) is 0 Å². The van der Waals surface area contributed by atoms with Crippen LogP contribution in [0.1, 0.15) is 18.3 Å². The van der Waals surface area contributed by atoms with Crippen molar-refractivity contribution in [2.75, 3.05) is 0 Å². The van der Waals surface area contributed by atoms with E-state index in [-0.39, 0.29) is 11.3 Å². The van der Waals surface area contributed by atoms with Crippen molar-refractivity contribution in [1.82, 2.24) is 9.66 Å². The van der Waals surface area contributed by atoms with Crippen LogP contribution in [0.4, 0.5) is 0 Å². The Labute approximate surface area is 182 Å². The van der Waals surface area contributed by atoms with E-state index in [1.165, 1.54) is 10.9 Å². The maximum atomic E-state index is 12.9. The summed E-state index contributed by atoms with van der Waals surface area (Å²) in [5.74, 6) is 0.605. The fourth-order valence-corrected chi connectivity index (χ4v) is 5.06. The van der Waals surface area contributed by atoms with Gasteiger partial charge in [0.05, 0.1) is 26.1 Å². The molecule has 1 aromatic heterocycles. The minimum absolute atomic E-state index is 0.0540. The van der Waals surface area contributed by atoms with Gasteiger partial charge in [-0.3, -0.25) is 4.79 Å². The lowest BCUT2D eigenvalue weighted by Crippen LogP contribution is -2.22. The van der Waals surface area contributed by atoms with Crippen LogP contribution in [0.5, 0.6) is 5.75 Å².